The molecule has 1 heterocycles. The molecule has 0 spiro atoms. The van der Waals surface area contributed by atoms with E-state index in [4.69, 9.17) is 16.3 Å². The molecule has 108 valence electrons. The first-order valence-electron chi connectivity index (χ1n) is 6.84. The molecular formula is C16H21ClN2O. The summed E-state index contributed by atoms with van der Waals surface area (Å²) in [4.78, 5) is 0. The van der Waals surface area contributed by atoms with Crippen LogP contribution in [0.4, 0.5) is 0 Å². The van der Waals surface area contributed by atoms with Gasteiger partial charge in [0.15, 0.2) is 0 Å². The number of hydrogen-bond donors (Lipinski definition) is 0. The van der Waals surface area contributed by atoms with Crippen LogP contribution in [0.1, 0.15) is 42.3 Å². The highest BCUT2D eigenvalue weighted by molar-refractivity contribution is 6.17. The molecule has 0 amide bonds. The van der Waals surface area contributed by atoms with Gasteiger partial charge in [0.25, 0.3) is 0 Å². The molecule has 0 bridgehead atoms. The quantitative estimate of drug-likeness (QED) is 0.764. The fraction of sp³-hybridized carbons (Fsp3) is 0.438. The van der Waals surface area contributed by atoms with Gasteiger partial charge in [0, 0.05) is 18.1 Å². The lowest BCUT2D eigenvalue weighted by molar-refractivity contribution is 0.294. The Morgan fingerprint density at radius 1 is 1.25 bits per heavy atom. The van der Waals surface area contributed by atoms with Gasteiger partial charge in [-0.1, -0.05) is 12.1 Å². The van der Waals surface area contributed by atoms with Crippen molar-refractivity contribution >= 4 is 11.6 Å². The Morgan fingerprint density at radius 2 is 1.90 bits per heavy atom. The van der Waals surface area contributed by atoms with Crippen LogP contribution >= 0.6 is 11.6 Å². The van der Waals surface area contributed by atoms with Crippen LogP contribution < -0.4 is 4.74 Å². The lowest BCUT2D eigenvalue weighted by atomic mass is 10.1. The van der Waals surface area contributed by atoms with Gasteiger partial charge in [-0.05, 0) is 50.5 Å². The molecule has 0 unspecified atom stereocenters. The van der Waals surface area contributed by atoms with E-state index >= 15 is 0 Å². The zero-order valence-electron chi connectivity index (χ0n) is 12.5. The molecule has 0 aliphatic carbocycles. The second kappa shape index (κ2) is 6.31. The van der Waals surface area contributed by atoms with Crippen LogP contribution in [0, 0.1) is 13.8 Å². The van der Waals surface area contributed by atoms with E-state index in [0.29, 0.717) is 18.5 Å². The van der Waals surface area contributed by atoms with Crippen LogP contribution in [-0.2, 0) is 12.5 Å². The van der Waals surface area contributed by atoms with Gasteiger partial charge in [0.1, 0.15) is 12.4 Å². The molecule has 2 rings (SSSR count). The first kappa shape index (κ1) is 14.9. The number of aromatic nitrogens is 2. The number of halogens is 1. The molecule has 0 fully saturated rings. The maximum atomic E-state index is 5.93. The number of hydrogen-bond acceptors (Lipinski definition) is 2. The molecule has 0 radical (unpaired) electrons. The number of aryl methyl sites for hydroxylation is 2. The number of rotatable bonds is 5. The Hall–Kier alpha value is -1.48. The van der Waals surface area contributed by atoms with E-state index in [1.54, 1.807) is 0 Å². The lowest BCUT2D eigenvalue weighted by Crippen LogP contribution is -2.04. The molecule has 0 saturated heterocycles. The summed E-state index contributed by atoms with van der Waals surface area (Å²) >= 11 is 5.87. The average Bonchev–Trinajstić information content (AvgIpc) is 2.86. The topological polar surface area (TPSA) is 27.1 Å². The third kappa shape index (κ3) is 3.34. The predicted molar refractivity (Wildman–Crippen MR) is 82.4 cm³/mol. The van der Waals surface area contributed by atoms with Gasteiger partial charge in [-0.25, -0.2) is 0 Å². The van der Waals surface area contributed by atoms with Crippen molar-refractivity contribution in [1.82, 2.24) is 9.78 Å². The second-order valence-electron chi connectivity index (χ2n) is 5.36. The minimum Gasteiger partial charge on any atom is -0.487 e. The molecule has 0 aliphatic rings. The van der Waals surface area contributed by atoms with E-state index in [1.807, 2.05) is 30.8 Å². The molecule has 0 atom stereocenters. The van der Waals surface area contributed by atoms with Crippen molar-refractivity contribution in [3.05, 3.63) is 46.8 Å². The molecule has 1 aromatic carbocycles. The van der Waals surface area contributed by atoms with Gasteiger partial charge in [0.05, 0.1) is 5.69 Å². The fourth-order valence-electron chi connectivity index (χ4n) is 2.23. The minimum atomic E-state index is 0.371. The third-order valence-corrected chi connectivity index (χ3v) is 3.54. The summed E-state index contributed by atoms with van der Waals surface area (Å²) in [5.74, 6) is 1.46. The van der Waals surface area contributed by atoms with Crippen LogP contribution in [0.15, 0.2) is 24.4 Å². The van der Waals surface area contributed by atoms with Crippen molar-refractivity contribution in [2.24, 2.45) is 0 Å². The Morgan fingerprint density at radius 3 is 2.40 bits per heavy atom. The minimum absolute atomic E-state index is 0.371. The van der Waals surface area contributed by atoms with Gasteiger partial charge >= 0.3 is 0 Å². The van der Waals surface area contributed by atoms with Crippen LogP contribution in [0.2, 0.25) is 0 Å². The Labute approximate surface area is 125 Å². The highest BCUT2D eigenvalue weighted by Gasteiger charge is 2.08. The summed E-state index contributed by atoms with van der Waals surface area (Å²) in [6, 6.07) is 6.51. The van der Waals surface area contributed by atoms with Gasteiger partial charge in [-0.2, -0.15) is 5.10 Å². The van der Waals surface area contributed by atoms with E-state index in [0.717, 1.165) is 28.1 Å². The summed E-state index contributed by atoms with van der Waals surface area (Å²) in [5.41, 5.74) is 4.30. The van der Waals surface area contributed by atoms with Crippen molar-refractivity contribution in [2.45, 2.75) is 46.2 Å². The number of alkyl halides is 1. The summed E-state index contributed by atoms with van der Waals surface area (Å²) in [7, 11) is 0. The maximum Gasteiger partial charge on any atom is 0.132 e. The van der Waals surface area contributed by atoms with E-state index in [-0.39, 0.29) is 0 Å². The zero-order chi connectivity index (χ0) is 14.7. The Bertz CT molecular complexity index is 567. The second-order valence-corrected chi connectivity index (χ2v) is 5.63. The molecule has 0 aliphatic heterocycles. The molecule has 2 aromatic rings. The standard InChI is InChI=1S/C16H21ClN2O/c1-11(2)19-6-5-15(18-19)10-20-16-12(3)7-14(9-17)8-13(16)4/h5-8,11H,9-10H2,1-4H3. The lowest BCUT2D eigenvalue weighted by Gasteiger charge is -2.12. The first-order chi connectivity index (χ1) is 9.51. The van der Waals surface area contributed by atoms with Gasteiger partial charge in [-0.15, -0.1) is 11.6 Å². The van der Waals surface area contributed by atoms with E-state index in [9.17, 15) is 0 Å². The zero-order valence-corrected chi connectivity index (χ0v) is 13.2. The number of ether oxygens (including phenoxy) is 1. The van der Waals surface area contributed by atoms with Crippen LogP contribution in [0.3, 0.4) is 0 Å². The monoisotopic (exact) mass is 292 g/mol. The number of nitrogens with zero attached hydrogens (tertiary/aromatic N) is 2. The first-order valence-corrected chi connectivity index (χ1v) is 7.37. The van der Waals surface area contributed by atoms with E-state index in [2.05, 4.69) is 31.1 Å². The Kier molecular flexibility index (Phi) is 4.71. The summed E-state index contributed by atoms with van der Waals surface area (Å²) in [5, 5.41) is 4.49. The summed E-state index contributed by atoms with van der Waals surface area (Å²) < 4.78 is 7.87. The van der Waals surface area contributed by atoms with E-state index < -0.39 is 0 Å². The third-order valence-electron chi connectivity index (χ3n) is 3.23. The van der Waals surface area contributed by atoms with E-state index in [1.165, 1.54) is 0 Å². The highest BCUT2D eigenvalue weighted by atomic mass is 35.5. The fourth-order valence-corrected chi connectivity index (χ4v) is 2.39. The SMILES string of the molecule is Cc1cc(CCl)cc(C)c1OCc1ccn(C(C)C)n1. The van der Waals surface area contributed by atoms with Crippen molar-refractivity contribution in [3.63, 3.8) is 0 Å². The summed E-state index contributed by atoms with van der Waals surface area (Å²) in [6.07, 6.45) is 1.99. The van der Waals surface area contributed by atoms with Gasteiger partial charge in [-0.3, -0.25) is 4.68 Å². The number of benzene rings is 1. The normalized spacial score (nSPS) is 11.1. The largest absolute Gasteiger partial charge is 0.487 e. The molecule has 4 heteroatoms. The molecule has 1 aromatic heterocycles. The smallest absolute Gasteiger partial charge is 0.132 e. The summed E-state index contributed by atoms with van der Waals surface area (Å²) in [6.45, 7) is 8.80. The van der Waals surface area contributed by atoms with Crippen molar-refractivity contribution in [1.29, 1.82) is 0 Å². The van der Waals surface area contributed by atoms with Crippen LogP contribution in [0.5, 0.6) is 5.75 Å². The van der Waals surface area contributed by atoms with Crippen molar-refractivity contribution < 1.29 is 4.74 Å². The predicted octanol–water partition coefficient (Wildman–Crippen LogP) is 4.40. The van der Waals surface area contributed by atoms with Crippen molar-refractivity contribution in [3.8, 4) is 5.75 Å². The molecule has 0 saturated carbocycles. The van der Waals surface area contributed by atoms with Gasteiger partial charge < -0.3 is 4.74 Å². The average molecular weight is 293 g/mol. The maximum absolute atomic E-state index is 5.93. The molecule has 20 heavy (non-hydrogen) atoms. The molecule has 0 N–H and O–H groups in total. The van der Waals surface area contributed by atoms with Crippen LogP contribution in [0.25, 0.3) is 0 Å². The van der Waals surface area contributed by atoms with Crippen molar-refractivity contribution in [2.75, 3.05) is 0 Å². The van der Waals surface area contributed by atoms with Crippen LogP contribution in [-0.4, -0.2) is 9.78 Å². The Balaban J connectivity index is 2.10. The molecule has 3 nitrogen and oxygen atoms in total. The molecular weight excluding hydrogens is 272 g/mol. The van der Waals surface area contributed by atoms with Gasteiger partial charge in [0.2, 0.25) is 0 Å². The highest BCUT2D eigenvalue weighted by Crippen LogP contribution is 2.26.